The second-order valence-electron chi connectivity index (χ2n) is 15.0. The molecule has 0 aromatic rings. The molecule has 0 rings (SSSR count). The van der Waals surface area contributed by atoms with E-state index in [0.717, 1.165) is 109 Å². The molecule has 0 saturated carbocycles. The number of aliphatic hydroxyl groups excluding tert-OH is 3. The maximum absolute atomic E-state index is 14.1. The van der Waals surface area contributed by atoms with Crippen LogP contribution in [0.1, 0.15) is 207 Å². The summed E-state index contributed by atoms with van der Waals surface area (Å²) in [5.74, 6) is -4.04. The number of ether oxygens (including phenoxy) is 1. The minimum absolute atomic E-state index is 0.0416. The Morgan fingerprint density at radius 2 is 0.808 bits per heavy atom. The molecule has 10 nitrogen and oxygen atoms in total. The Bertz CT molecular complexity index is 955. The molecule has 5 unspecified atom stereocenters. The fraction of sp³-hybridized carbons (Fsp3) is 0.905. The van der Waals surface area contributed by atoms with Gasteiger partial charge in [-0.05, 0) is 25.7 Å². The summed E-state index contributed by atoms with van der Waals surface area (Å²) in [6.45, 7) is 7.30. The average Bonchev–Trinajstić information content (AvgIpc) is 3.14. The number of ketones is 3. The van der Waals surface area contributed by atoms with Crippen LogP contribution in [0.15, 0.2) is 0 Å². The number of carbonyl (C=O) groups excluding carboxylic acids is 4. The van der Waals surface area contributed by atoms with Crippen LogP contribution in [0, 0.1) is 0 Å². The first-order valence-electron chi connectivity index (χ1n) is 21.1. The number of Topliss-reactive ketones (excluding diaryl/α,β-unsaturated/α-hetero) is 3. The molecule has 5 atom stereocenters. The van der Waals surface area contributed by atoms with E-state index >= 15 is 0 Å². The van der Waals surface area contributed by atoms with Crippen LogP contribution in [0.5, 0.6) is 0 Å². The highest BCUT2D eigenvalue weighted by Gasteiger charge is 2.68. The molecule has 0 aliphatic rings. The summed E-state index contributed by atoms with van der Waals surface area (Å²) in [5.41, 5.74) is -6.91. The Kier molecular flexibility index (Phi) is 29.6. The molecule has 10 heteroatoms. The van der Waals surface area contributed by atoms with E-state index in [-0.39, 0.29) is 38.5 Å². The van der Waals surface area contributed by atoms with E-state index in [1.165, 1.54) is 0 Å². The zero-order valence-electron chi connectivity index (χ0n) is 33.5. The molecule has 0 heterocycles. The third-order valence-electron chi connectivity index (χ3n) is 10.4. The summed E-state index contributed by atoms with van der Waals surface area (Å²) < 4.78 is 5.38. The molecule has 0 radical (unpaired) electrons. The van der Waals surface area contributed by atoms with E-state index in [1.807, 2.05) is 0 Å². The van der Waals surface area contributed by atoms with Crippen LogP contribution < -0.4 is 0 Å². The van der Waals surface area contributed by atoms with Crippen LogP contribution in [-0.2, 0) is 23.9 Å². The molecule has 0 amide bonds. The second kappa shape index (κ2) is 30.6. The molecular weight excluding hydrogens is 664 g/mol. The first kappa shape index (κ1) is 50.3. The predicted molar refractivity (Wildman–Crippen MR) is 206 cm³/mol. The van der Waals surface area contributed by atoms with Gasteiger partial charge in [0.2, 0.25) is 0 Å². The number of hydrogen-bond donors (Lipinski definition) is 5. The highest BCUT2D eigenvalue weighted by Crippen LogP contribution is 2.38. The standard InChI is InChI=1S/C42H78O10/c1-5-9-13-17-21-25-29-34(44)39(48)41(50,36(45)30-26-22-18-14-10-6-2)42(51,37(46)31-27-23-19-15-11-7-3)40(49)35(33-43)52-38(47)32-28-24-20-16-12-8-4/h35,39-40,43,48-51H,5-33H2,1-4H3. The zero-order valence-corrected chi connectivity index (χ0v) is 33.5. The molecule has 0 saturated heterocycles. The van der Waals surface area contributed by atoms with Gasteiger partial charge in [0.1, 0.15) is 6.10 Å². The molecule has 0 fully saturated rings. The van der Waals surface area contributed by atoms with Crippen LogP contribution >= 0.6 is 0 Å². The molecule has 0 aliphatic heterocycles. The van der Waals surface area contributed by atoms with Gasteiger partial charge in [-0.25, -0.2) is 0 Å². The van der Waals surface area contributed by atoms with Gasteiger partial charge in [0.25, 0.3) is 0 Å². The normalized spacial score (nSPS) is 15.7. The third kappa shape index (κ3) is 18.1. The lowest BCUT2D eigenvalue weighted by molar-refractivity contribution is -0.242. The molecule has 0 bridgehead atoms. The average molecular weight is 743 g/mol. The van der Waals surface area contributed by atoms with Gasteiger partial charge in [0.05, 0.1) is 6.61 Å². The minimum Gasteiger partial charge on any atom is -0.457 e. The Morgan fingerprint density at radius 3 is 1.19 bits per heavy atom. The predicted octanol–water partition coefficient (Wildman–Crippen LogP) is 7.78. The highest BCUT2D eigenvalue weighted by molar-refractivity contribution is 6.04. The third-order valence-corrected chi connectivity index (χ3v) is 10.4. The number of aliphatic hydroxyl groups is 5. The van der Waals surface area contributed by atoms with Gasteiger partial charge < -0.3 is 30.3 Å². The van der Waals surface area contributed by atoms with Crippen LogP contribution in [0.2, 0.25) is 0 Å². The summed E-state index contributed by atoms with van der Waals surface area (Å²) in [6, 6.07) is 0. The van der Waals surface area contributed by atoms with Crippen molar-refractivity contribution in [3.8, 4) is 0 Å². The van der Waals surface area contributed by atoms with Gasteiger partial charge >= 0.3 is 5.97 Å². The Balaban J connectivity index is 6.56. The van der Waals surface area contributed by atoms with Crippen molar-refractivity contribution in [3.63, 3.8) is 0 Å². The first-order chi connectivity index (χ1) is 24.9. The molecule has 306 valence electrons. The van der Waals surface area contributed by atoms with Crippen LogP contribution in [0.4, 0.5) is 0 Å². The molecule has 0 aromatic heterocycles. The van der Waals surface area contributed by atoms with Crippen molar-refractivity contribution < 1.29 is 49.4 Å². The molecule has 0 aliphatic carbocycles. The fourth-order valence-electron chi connectivity index (χ4n) is 6.89. The lowest BCUT2D eigenvalue weighted by atomic mass is 9.66. The summed E-state index contributed by atoms with van der Waals surface area (Å²) in [4.78, 5) is 54.6. The van der Waals surface area contributed by atoms with Crippen molar-refractivity contribution in [1.82, 2.24) is 0 Å². The lowest BCUT2D eigenvalue weighted by Gasteiger charge is -2.47. The summed E-state index contributed by atoms with van der Waals surface area (Å²) >= 11 is 0. The number of rotatable bonds is 37. The van der Waals surface area contributed by atoms with Crippen LogP contribution in [-0.4, -0.2) is 85.0 Å². The number of unbranched alkanes of at least 4 members (excludes halogenated alkanes) is 20. The quantitative estimate of drug-likeness (QED) is 0.0312. The van der Waals surface area contributed by atoms with Gasteiger partial charge in [-0.1, -0.05) is 156 Å². The second-order valence-corrected chi connectivity index (χ2v) is 15.0. The van der Waals surface area contributed by atoms with Crippen molar-refractivity contribution >= 4 is 23.3 Å². The van der Waals surface area contributed by atoms with Crippen LogP contribution in [0.3, 0.4) is 0 Å². The van der Waals surface area contributed by atoms with Gasteiger partial charge in [0.15, 0.2) is 40.8 Å². The number of carbonyl (C=O) groups is 4. The Labute approximate surface area is 315 Å². The maximum atomic E-state index is 14.1. The lowest BCUT2D eigenvalue weighted by Crippen LogP contribution is -2.76. The summed E-state index contributed by atoms with van der Waals surface area (Å²) in [5, 5.41) is 58.3. The van der Waals surface area contributed by atoms with Gasteiger partial charge in [0, 0.05) is 25.7 Å². The SMILES string of the molecule is CCCCCCCCC(=O)OC(CO)C(O)C(O)(C(=O)CCCCCCCC)C(O)(C(=O)CCCCCCCC)C(O)C(=O)CCCCCCCC. The number of esters is 1. The summed E-state index contributed by atoms with van der Waals surface area (Å²) in [7, 11) is 0. The molecular formula is C42H78O10. The largest absolute Gasteiger partial charge is 0.457 e. The van der Waals surface area contributed by atoms with E-state index in [0.29, 0.717) is 32.1 Å². The Morgan fingerprint density at radius 1 is 0.481 bits per heavy atom. The van der Waals surface area contributed by atoms with Gasteiger partial charge in [-0.2, -0.15) is 0 Å². The molecule has 0 aromatic carbocycles. The molecule has 52 heavy (non-hydrogen) atoms. The highest BCUT2D eigenvalue weighted by atomic mass is 16.6. The summed E-state index contributed by atoms with van der Waals surface area (Å²) in [6.07, 6.45) is 11.6. The van der Waals surface area contributed by atoms with Crippen LogP contribution in [0.25, 0.3) is 0 Å². The smallest absolute Gasteiger partial charge is 0.306 e. The molecule has 0 spiro atoms. The van der Waals surface area contributed by atoms with Crippen molar-refractivity contribution in [2.45, 2.75) is 237 Å². The first-order valence-corrected chi connectivity index (χ1v) is 21.1. The molecule has 5 N–H and O–H groups in total. The van der Waals surface area contributed by atoms with E-state index in [9.17, 15) is 44.7 Å². The zero-order chi connectivity index (χ0) is 39.3. The van der Waals surface area contributed by atoms with E-state index in [2.05, 4.69) is 27.7 Å². The maximum Gasteiger partial charge on any atom is 0.306 e. The van der Waals surface area contributed by atoms with E-state index < -0.39 is 59.4 Å². The van der Waals surface area contributed by atoms with Crippen molar-refractivity contribution in [2.75, 3.05) is 6.61 Å². The van der Waals surface area contributed by atoms with Gasteiger partial charge in [-0.15, -0.1) is 0 Å². The van der Waals surface area contributed by atoms with Gasteiger partial charge in [-0.3, -0.25) is 19.2 Å². The van der Waals surface area contributed by atoms with E-state index in [1.54, 1.807) is 0 Å². The fourth-order valence-corrected chi connectivity index (χ4v) is 6.89. The Hall–Kier alpha value is -1.72. The topological polar surface area (TPSA) is 179 Å². The minimum atomic E-state index is -3.46. The van der Waals surface area contributed by atoms with E-state index in [4.69, 9.17) is 4.74 Å². The number of hydrogen-bond acceptors (Lipinski definition) is 10. The van der Waals surface area contributed by atoms with Crippen molar-refractivity contribution in [2.24, 2.45) is 0 Å². The monoisotopic (exact) mass is 743 g/mol. The van der Waals surface area contributed by atoms with Crippen molar-refractivity contribution in [3.05, 3.63) is 0 Å². The van der Waals surface area contributed by atoms with Crippen molar-refractivity contribution in [1.29, 1.82) is 0 Å².